The molecule has 6 rings (SSSR count). The number of hydrogen-bond acceptors (Lipinski definition) is 5. The summed E-state index contributed by atoms with van der Waals surface area (Å²) in [5, 5.41) is 13.9. The molecule has 0 radical (unpaired) electrons. The van der Waals surface area contributed by atoms with Crippen LogP contribution in [-0.2, 0) is 6.42 Å². The zero-order chi connectivity index (χ0) is 29.1. The van der Waals surface area contributed by atoms with E-state index in [9.17, 15) is 19.1 Å². The van der Waals surface area contributed by atoms with E-state index in [2.05, 4.69) is 4.98 Å². The highest BCUT2D eigenvalue weighted by Crippen LogP contribution is 2.39. The second-order valence-corrected chi connectivity index (χ2v) is 11.6. The summed E-state index contributed by atoms with van der Waals surface area (Å²) in [7, 11) is 0. The average Bonchev–Trinajstić information content (AvgIpc) is 3.62. The molecule has 0 saturated heterocycles. The maximum Gasteiger partial charge on any atom is 0.249 e. The molecule has 9 heteroatoms. The van der Waals surface area contributed by atoms with Crippen molar-refractivity contribution in [3.63, 3.8) is 0 Å². The van der Waals surface area contributed by atoms with Crippen LogP contribution in [-0.4, -0.2) is 39.1 Å². The highest BCUT2D eigenvalue weighted by atomic mass is 19.1. The molecule has 1 heterocycles. The Morgan fingerprint density at radius 2 is 1.66 bits per heavy atom. The van der Waals surface area contributed by atoms with Gasteiger partial charge in [0.2, 0.25) is 11.8 Å². The summed E-state index contributed by atoms with van der Waals surface area (Å²) >= 11 is 0. The molecule has 2 amide bonds. The summed E-state index contributed by atoms with van der Waals surface area (Å²) in [4.78, 5) is 32.7. The number of fused-ring (bicyclic) bond motifs is 6. The predicted octanol–water partition coefficient (Wildman–Crippen LogP) is 5.37. The molecule has 8 nitrogen and oxygen atoms in total. The molecule has 0 spiro atoms. The number of aromatic nitrogens is 2. The molecule has 1 aliphatic rings. The molecule has 5 aromatic rings. The number of nitrogens with two attached hydrogens (primary N) is 2. The average molecular weight is 555 g/mol. The molecule has 6 N–H and O–H groups in total. The number of primary amides is 2. The van der Waals surface area contributed by atoms with Gasteiger partial charge in [0.25, 0.3) is 0 Å². The molecule has 1 aliphatic carbocycles. The van der Waals surface area contributed by atoms with E-state index in [0.717, 1.165) is 57.3 Å². The minimum atomic E-state index is -0.915. The zero-order valence-corrected chi connectivity index (χ0v) is 22.9. The minimum Gasteiger partial charge on any atom is -0.494 e. The fraction of sp³-hybridized carbons (Fsp3) is 0.281. The predicted molar refractivity (Wildman–Crippen MR) is 156 cm³/mol. The number of hydrogen-bond donors (Lipinski definition) is 4. The molecule has 4 aromatic carbocycles. The third-order valence-electron chi connectivity index (χ3n) is 7.59. The Balaban J connectivity index is 1.61. The third-order valence-corrected chi connectivity index (χ3v) is 7.59. The highest BCUT2D eigenvalue weighted by molar-refractivity contribution is 6.24. The topological polar surface area (TPSA) is 144 Å². The van der Waals surface area contributed by atoms with Crippen molar-refractivity contribution >= 4 is 44.4 Å². The lowest BCUT2D eigenvalue weighted by atomic mass is 9.93. The number of imidazole rings is 1. The van der Waals surface area contributed by atoms with Gasteiger partial charge < -0.3 is 26.3 Å². The number of carbonyl (C=O) groups is 2. The van der Waals surface area contributed by atoms with Gasteiger partial charge in [-0.3, -0.25) is 9.59 Å². The lowest BCUT2D eigenvalue weighted by Crippen LogP contribution is -2.21. The van der Waals surface area contributed by atoms with Crippen LogP contribution in [0.2, 0.25) is 0 Å². The van der Waals surface area contributed by atoms with Crippen LogP contribution < -0.4 is 16.2 Å². The van der Waals surface area contributed by atoms with Crippen LogP contribution in [0.15, 0.2) is 48.5 Å². The van der Waals surface area contributed by atoms with Crippen LogP contribution in [0.25, 0.3) is 44.0 Å². The molecule has 0 bridgehead atoms. The first kappa shape index (κ1) is 26.7. The Kier molecular flexibility index (Phi) is 6.42. The molecular formula is C32H31FN4O4. The summed E-state index contributed by atoms with van der Waals surface area (Å²) in [6.45, 7) is 4.17. The Hall–Kier alpha value is -4.50. The van der Waals surface area contributed by atoms with Crippen molar-refractivity contribution in [2.24, 2.45) is 17.4 Å². The van der Waals surface area contributed by atoms with E-state index in [1.54, 1.807) is 13.8 Å². The number of halogens is 1. The second-order valence-electron chi connectivity index (χ2n) is 11.6. The van der Waals surface area contributed by atoms with Crippen molar-refractivity contribution in [2.45, 2.75) is 45.1 Å². The number of ether oxygens (including phenoxy) is 1. The first-order valence-electron chi connectivity index (χ1n) is 13.7. The maximum atomic E-state index is 14.3. The number of nitrogens with one attached hydrogen (secondary N) is 1. The van der Waals surface area contributed by atoms with Gasteiger partial charge in [0.05, 0.1) is 34.4 Å². The third kappa shape index (κ3) is 5.20. The van der Waals surface area contributed by atoms with Gasteiger partial charge in [-0.25, -0.2) is 9.37 Å². The quantitative estimate of drug-likeness (QED) is 0.181. The van der Waals surface area contributed by atoms with E-state index >= 15 is 0 Å². The number of aromatic amines is 1. The van der Waals surface area contributed by atoms with E-state index in [1.807, 2.05) is 36.4 Å². The van der Waals surface area contributed by atoms with Crippen molar-refractivity contribution in [1.29, 1.82) is 0 Å². The van der Waals surface area contributed by atoms with Crippen LogP contribution >= 0.6 is 0 Å². The Bertz CT molecular complexity index is 1830. The smallest absolute Gasteiger partial charge is 0.249 e. The van der Waals surface area contributed by atoms with Gasteiger partial charge in [-0.15, -0.1) is 0 Å². The molecule has 1 aromatic heterocycles. The fourth-order valence-electron chi connectivity index (χ4n) is 5.57. The monoisotopic (exact) mass is 554 g/mol. The van der Waals surface area contributed by atoms with Gasteiger partial charge in [0, 0.05) is 22.8 Å². The van der Waals surface area contributed by atoms with Crippen molar-refractivity contribution in [3.05, 3.63) is 71.0 Å². The Morgan fingerprint density at radius 3 is 2.29 bits per heavy atom. The summed E-state index contributed by atoms with van der Waals surface area (Å²) < 4.78 is 20.4. The van der Waals surface area contributed by atoms with E-state index in [1.165, 1.54) is 12.8 Å². The first-order valence-corrected chi connectivity index (χ1v) is 13.7. The number of amides is 2. The molecular weight excluding hydrogens is 523 g/mol. The molecule has 0 unspecified atom stereocenters. The molecule has 41 heavy (non-hydrogen) atoms. The van der Waals surface area contributed by atoms with E-state index < -0.39 is 23.2 Å². The molecule has 0 aliphatic heterocycles. The second kappa shape index (κ2) is 9.85. The number of carbonyl (C=O) groups excluding carboxylic acids is 2. The number of benzene rings is 4. The Labute approximate surface area is 235 Å². The van der Waals surface area contributed by atoms with Gasteiger partial charge >= 0.3 is 0 Å². The van der Waals surface area contributed by atoms with E-state index in [4.69, 9.17) is 21.2 Å². The number of aliphatic hydroxyl groups is 1. The molecule has 210 valence electrons. The number of nitrogens with zero attached hydrogens (tertiary/aromatic N) is 1. The van der Waals surface area contributed by atoms with Gasteiger partial charge in [0.1, 0.15) is 17.4 Å². The van der Waals surface area contributed by atoms with Crippen molar-refractivity contribution in [1.82, 2.24) is 9.97 Å². The van der Waals surface area contributed by atoms with Crippen molar-refractivity contribution < 1.29 is 23.8 Å². The molecule has 0 atom stereocenters. The lowest BCUT2D eigenvalue weighted by molar-refractivity contribution is 0.0810. The Morgan fingerprint density at radius 1 is 1.00 bits per heavy atom. The van der Waals surface area contributed by atoms with Gasteiger partial charge in [-0.2, -0.15) is 0 Å². The van der Waals surface area contributed by atoms with Crippen LogP contribution in [0, 0.1) is 11.7 Å². The minimum absolute atomic E-state index is 0.0441. The first-order chi connectivity index (χ1) is 19.5. The zero-order valence-electron chi connectivity index (χ0n) is 22.9. The van der Waals surface area contributed by atoms with Crippen molar-refractivity contribution in [2.75, 3.05) is 6.61 Å². The van der Waals surface area contributed by atoms with Crippen LogP contribution in [0.3, 0.4) is 0 Å². The van der Waals surface area contributed by atoms with Crippen LogP contribution in [0.1, 0.15) is 59.4 Å². The number of H-pyrrole nitrogens is 1. The van der Waals surface area contributed by atoms with Crippen LogP contribution in [0.4, 0.5) is 4.39 Å². The normalized spacial score (nSPS) is 13.8. The van der Waals surface area contributed by atoms with Crippen LogP contribution in [0.5, 0.6) is 5.75 Å². The maximum absolute atomic E-state index is 14.3. The summed E-state index contributed by atoms with van der Waals surface area (Å²) in [6.07, 6.45) is 4.00. The lowest BCUT2D eigenvalue weighted by Gasteiger charge is -2.18. The highest BCUT2D eigenvalue weighted by Gasteiger charge is 2.25. The molecule has 1 fully saturated rings. The SMILES string of the molecule is CC(C)(O)Cc1ccc2c(c1)c1cc(OCCC3CC3)ccc1c1nc(-c3c(C(N)=O)cc(F)cc3C(N)=O)[nH]c21. The standard InChI is InChI=1S/C32H31FN4O4/c1-32(2,40)15-17-5-7-20-22(11-17)23-14-19(41-10-9-16-3-4-16)6-8-21(23)28-27(20)36-31(37-28)26-24(29(34)38)12-18(33)13-25(26)30(35)39/h5-8,11-14,16,40H,3-4,9-10,15H2,1-2H3,(H2,34,38)(H2,35,39)(H,36,37). The van der Waals surface area contributed by atoms with E-state index in [-0.39, 0.29) is 22.5 Å². The summed E-state index contributed by atoms with van der Waals surface area (Å²) in [6, 6.07) is 13.7. The summed E-state index contributed by atoms with van der Waals surface area (Å²) in [5.41, 5.74) is 12.1. The molecule has 1 saturated carbocycles. The van der Waals surface area contributed by atoms with Gasteiger partial charge in [0.15, 0.2) is 0 Å². The fourth-order valence-corrected chi connectivity index (χ4v) is 5.57. The van der Waals surface area contributed by atoms with Crippen molar-refractivity contribution in [3.8, 4) is 17.1 Å². The summed E-state index contributed by atoms with van der Waals surface area (Å²) in [5.74, 6) is -0.973. The number of rotatable bonds is 9. The van der Waals surface area contributed by atoms with E-state index in [0.29, 0.717) is 24.1 Å². The van der Waals surface area contributed by atoms with Gasteiger partial charge in [-0.1, -0.05) is 31.0 Å². The largest absolute Gasteiger partial charge is 0.494 e. The van der Waals surface area contributed by atoms with Gasteiger partial charge in [-0.05, 0) is 72.9 Å².